The molecule has 2 heterocycles. The average molecular weight is 308 g/mol. The van der Waals surface area contributed by atoms with E-state index in [9.17, 15) is 9.59 Å². The molecule has 18 heavy (non-hydrogen) atoms. The van der Waals surface area contributed by atoms with Crippen LogP contribution in [0.25, 0.3) is 0 Å². The number of H-pyrrole nitrogens is 1. The number of amides is 1. The Kier molecular flexibility index (Phi) is 3.57. The molecule has 0 spiro atoms. The van der Waals surface area contributed by atoms with Gasteiger partial charge in [-0.05, 0) is 47.1 Å². The number of hydrogen-bond donors (Lipinski definition) is 2. The second-order valence-electron chi connectivity index (χ2n) is 3.70. The largest absolute Gasteiger partial charge is 0.326 e. The maximum Gasteiger partial charge on any atom is 0.262 e. The number of rotatable bonds is 2. The summed E-state index contributed by atoms with van der Waals surface area (Å²) in [7, 11) is 0. The van der Waals surface area contributed by atoms with Gasteiger partial charge in [-0.3, -0.25) is 9.59 Å². The molecule has 0 saturated carbocycles. The first-order valence-electron chi connectivity index (χ1n) is 5.19. The Morgan fingerprint density at radius 1 is 1.33 bits per heavy atom. The second kappa shape index (κ2) is 5.14. The molecule has 0 saturated heterocycles. The van der Waals surface area contributed by atoms with Gasteiger partial charge in [0, 0.05) is 16.4 Å². The molecule has 0 unspecified atom stereocenters. The molecule has 0 fully saturated rings. The number of aromatic amines is 1. The van der Waals surface area contributed by atoms with Crippen LogP contribution in [0.3, 0.4) is 0 Å². The molecule has 2 rings (SSSR count). The van der Waals surface area contributed by atoms with Gasteiger partial charge >= 0.3 is 0 Å². The molecule has 0 aliphatic heterocycles. The summed E-state index contributed by atoms with van der Waals surface area (Å²) >= 11 is 3.25. The maximum atomic E-state index is 11.8. The van der Waals surface area contributed by atoms with Gasteiger partial charge in [0.25, 0.3) is 11.5 Å². The highest BCUT2D eigenvalue weighted by atomic mass is 79.9. The SMILES string of the molecule is Cc1ccc(C(=O)Nc2ccc(Br)cn2)c(=O)[nH]1. The van der Waals surface area contributed by atoms with Crippen molar-refractivity contribution in [3.05, 3.63) is 56.5 Å². The number of carbonyl (C=O) groups excluding carboxylic acids is 1. The first-order valence-corrected chi connectivity index (χ1v) is 5.98. The third-order valence-corrected chi connectivity index (χ3v) is 2.74. The van der Waals surface area contributed by atoms with E-state index in [4.69, 9.17) is 0 Å². The highest BCUT2D eigenvalue weighted by Crippen LogP contribution is 2.11. The summed E-state index contributed by atoms with van der Waals surface area (Å²) in [5.41, 5.74) is 0.355. The number of carbonyl (C=O) groups is 1. The van der Waals surface area contributed by atoms with Gasteiger partial charge in [-0.1, -0.05) is 0 Å². The Labute approximate surface area is 111 Å². The summed E-state index contributed by atoms with van der Waals surface area (Å²) in [4.78, 5) is 30.0. The van der Waals surface area contributed by atoms with E-state index >= 15 is 0 Å². The van der Waals surface area contributed by atoms with Crippen LogP contribution in [-0.4, -0.2) is 15.9 Å². The summed E-state index contributed by atoms with van der Waals surface area (Å²) in [5, 5.41) is 2.55. The van der Waals surface area contributed by atoms with Gasteiger partial charge in [-0.2, -0.15) is 0 Å². The van der Waals surface area contributed by atoms with E-state index in [1.807, 2.05) is 0 Å². The third-order valence-electron chi connectivity index (χ3n) is 2.27. The molecule has 0 aromatic carbocycles. The molecule has 2 aromatic heterocycles. The lowest BCUT2D eigenvalue weighted by Gasteiger charge is -2.04. The lowest BCUT2D eigenvalue weighted by Crippen LogP contribution is -2.23. The highest BCUT2D eigenvalue weighted by molar-refractivity contribution is 9.10. The van der Waals surface area contributed by atoms with E-state index in [1.165, 1.54) is 6.07 Å². The second-order valence-corrected chi connectivity index (χ2v) is 4.62. The zero-order valence-corrected chi connectivity index (χ0v) is 11.1. The lowest BCUT2D eigenvalue weighted by molar-refractivity contribution is 0.102. The fourth-order valence-corrected chi connectivity index (χ4v) is 1.62. The van der Waals surface area contributed by atoms with E-state index in [-0.39, 0.29) is 5.56 Å². The zero-order chi connectivity index (χ0) is 13.1. The van der Waals surface area contributed by atoms with Gasteiger partial charge in [-0.15, -0.1) is 0 Å². The Hall–Kier alpha value is -1.95. The van der Waals surface area contributed by atoms with E-state index < -0.39 is 11.5 Å². The standard InChI is InChI=1S/C12H10BrN3O2/c1-7-2-4-9(11(17)15-7)12(18)16-10-5-3-8(13)6-14-10/h2-6H,1H3,(H,15,17)(H,14,16,18). The Morgan fingerprint density at radius 2 is 2.11 bits per heavy atom. The molecular formula is C12H10BrN3O2. The van der Waals surface area contributed by atoms with Crippen molar-refractivity contribution < 1.29 is 4.79 Å². The minimum absolute atomic E-state index is 0.0605. The smallest absolute Gasteiger partial charge is 0.262 e. The van der Waals surface area contributed by atoms with Crippen molar-refractivity contribution in [2.75, 3.05) is 5.32 Å². The fourth-order valence-electron chi connectivity index (χ4n) is 1.38. The number of anilines is 1. The number of nitrogens with one attached hydrogen (secondary N) is 2. The van der Waals surface area contributed by atoms with Crippen LogP contribution in [0, 0.1) is 6.92 Å². The van der Waals surface area contributed by atoms with E-state index in [0.717, 1.165) is 4.47 Å². The molecule has 0 atom stereocenters. The maximum absolute atomic E-state index is 11.8. The zero-order valence-electron chi connectivity index (χ0n) is 9.53. The fraction of sp³-hybridized carbons (Fsp3) is 0.0833. The first-order chi connectivity index (χ1) is 8.56. The average Bonchev–Trinajstić information content (AvgIpc) is 2.32. The topological polar surface area (TPSA) is 74.8 Å². The van der Waals surface area contributed by atoms with Crippen molar-refractivity contribution in [1.29, 1.82) is 0 Å². The molecule has 0 bridgehead atoms. The van der Waals surface area contributed by atoms with Crippen LogP contribution in [0.2, 0.25) is 0 Å². The Bertz CT molecular complexity index is 635. The molecule has 0 aliphatic rings. The van der Waals surface area contributed by atoms with Crippen molar-refractivity contribution in [3.8, 4) is 0 Å². The predicted molar refractivity (Wildman–Crippen MR) is 71.7 cm³/mol. The lowest BCUT2D eigenvalue weighted by atomic mass is 10.2. The van der Waals surface area contributed by atoms with Crippen molar-refractivity contribution in [2.24, 2.45) is 0 Å². The summed E-state index contributed by atoms with van der Waals surface area (Å²) in [6.07, 6.45) is 1.56. The number of nitrogens with zero attached hydrogens (tertiary/aromatic N) is 1. The van der Waals surface area contributed by atoms with E-state index in [1.54, 1.807) is 31.3 Å². The number of halogens is 1. The van der Waals surface area contributed by atoms with Gasteiger partial charge in [-0.25, -0.2) is 4.98 Å². The normalized spacial score (nSPS) is 10.1. The minimum Gasteiger partial charge on any atom is -0.326 e. The van der Waals surface area contributed by atoms with Crippen molar-refractivity contribution in [1.82, 2.24) is 9.97 Å². The van der Waals surface area contributed by atoms with E-state index in [0.29, 0.717) is 11.5 Å². The van der Waals surface area contributed by atoms with Crippen molar-refractivity contribution in [3.63, 3.8) is 0 Å². The molecule has 1 amide bonds. The minimum atomic E-state index is -0.480. The molecule has 0 aliphatic carbocycles. The molecular weight excluding hydrogens is 298 g/mol. The molecule has 5 nitrogen and oxygen atoms in total. The molecule has 6 heteroatoms. The number of hydrogen-bond acceptors (Lipinski definition) is 3. The van der Waals surface area contributed by atoms with Crippen LogP contribution in [0.4, 0.5) is 5.82 Å². The molecule has 92 valence electrons. The number of aromatic nitrogens is 2. The Balaban J connectivity index is 2.22. The van der Waals surface area contributed by atoms with Crippen molar-refractivity contribution >= 4 is 27.7 Å². The van der Waals surface area contributed by atoms with Gasteiger partial charge in [0.15, 0.2) is 0 Å². The van der Waals surface area contributed by atoms with Crippen LogP contribution in [0.15, 0.2) is 39.7 Å². The van der Waals surface area contributed by atoms with Crippen LogP contribution in [-0.2, 0) is 0 Å². The molecule has 2 N–H and O–H groups in total. The number of aryl methyl sites for hydroxylation is 1. The van der Waals surface area contributed by atoms with Crippen LogP contribution >= 0.6 is 15.9 Å². The summed E-state index contributed by atoms with van der Waals surface area (Å²) < 4.78 is 0.814. The molecule has 0 radical (unpaired) electrons. The third kappa shape index (κ3) is 2.84. The van der Waals surface area contributed by atoms with Crippen molar-refractivity contribution in [2.45, 2.75) is 6.92 Å². The summed E-state index contributed by atoms with van der Waals surface area (Å²) in [5.74, 6) is -0.0887. The summed E-state index contributed by atoms with van der Waals surface area (Å²) in [6.45, 7) is 1.75. The summed E-state index contributed by atoms with van der Waals surface area (Å²) in [6, 6.07) is 6.56. The van der Waals surface area contributed by atoms with E-state index in [2.05, 4.69) is 31.2 Å². The first kappa shape index (κ1) is 12.5. The van der Waals surface area contributed by atoms with Crippen LogP contribution < -0.4 is 10.9 Å². The van der Waals surface area contributed by atoms with Crippen LogP contribution in [0.1, 0.15) is 16.1 Å². The van der Waals surface area contributed by atoms with Gasteiger partial charge in [0.1, 0.15) is 11.4 Å². The monoisotopic (exact) mass is 307 g/mol. The molecule has 2 aromatic rings. The Morgan fingerprint density at radius 3 is 2.72 bits per heavy atom. The van der Waals surface area contributed by atoms with Gasteiger partial charge in [0.2, 0.25) is 0 Å². The quantitative estimate of drug-likeness (QED) is 0.892. The van der Waals surface area contributed by atoms with Gasteiger partial charge < -0.3 is 10.3 Å². The van der Waals surface area contributed by atoms with Gasteiger partial charge in [0.05, 0.1) is 0 Å². The predicted octanol–water partition coefficient (Wildman–Crippen LogP) is 2.09. The number of pyridine rings is 2. The highest BCUT2D eigenvalue weighted by Gasteiger charge is 2.10. The van der Waals surface area contributed by atoms with Crippen LogP contribution in [0.5, 0.6) is 0 Å².